The minimum Gasteiger partial charge on any atom is -0.478 e. The Balaban J connectivity index is 1.89. The number of carboxylic acids is 1. The van der Waals surface area contributed by atoms with Crippen LogP contribution >= 0.6 is 0 Å². The Morgan fingerprint density at radius 1 is 1.38 bits per heavy atom. The number of hydrogen-bond acceptors (Lipinski definition) is 4. The van der Waals surface area contributed by atoms with E-state index in [2.05, 4.69) is 10.3 Å². The average Bonchev–Trinajstić information content (AvgIpc) is 3.11. The molecule has 1 atom stereocenters. The molecule has 0 saturated carbocycles. The smallest absolute Gasteiger partial charge is 0.335 e. The zero-order chi connectivity index (χ0) is 19.3. The molecule has 26 heavy (non-hydrogen) atoms. The quantitative estimate of drug-likeness (QED) is 0.901. The van der Waals surface area contributed by atoms with Crippen molar-refractivity contribution < 1.29 is 23.5 Å². The molecule has 138 valence electrons. The van der Waals surface area contributed by atoms with Gasteiger partial charge in [0.25, 0.3) is 5.92 Å². The van der Waals surface area contributed by atoms with Crippen LogP contribution in [-0.4, -0.2) is 26.6 Å². The van der Waals surface area contributed by atoms with Crippen molar-refractivity contribution in [2.75, 3.05) is 0 Å². The van der Waals surface area contributed by atoms with Crippen LogP contribution in [0.5, 0.6) is 0 Å². The summed E-state index contributed by atoms with van der Waals surface area (Å²) in [5, 5.41) is 17.1. The molecule has 1 aliphatic heterocycles. The van der Waals surface area contributed by atoms with Gasteiger partial charge >= 0.3 is 5.97 Å². The maximum absolute atomic E-state index is 13.6. The number of nitrogens with zero attached hydrogens (tertiary/aromatic N) is 3. The van der Waals surface area contributed by atoms with Gasteiger partial charge in [-0.15, -0.1) is 0 Å². The number of aromatic nitrogens is 2. The van der Waals surface area contributed by atoms with E-state index >= 15 is 0 Å². The van der Waals surface area contributed by atoms with E-state index in [1.54, 1.807) is 33.0 Å². The lowest BCUT2D eigenvalue weighted by Crippen LogP contribution is -2.25. The molecule has 0 bridgehead atoms. The zero-order valence-electron chi connectivity index (χ0n) is 14.9. The van der Waals surface area contributed by atoms with Crippen LogP contribution < -0.4 is 0 Å². The molecule has 3 rings (SSSR count). The van der Waals surface area contributed by atoms with Crippen molar-refractivity contribution in [1.82, 2.24) is 9.78 Å². The third-order valence-corrected chi connectivity index (χ3v) is 4.52. The number of carboxylic acid groups (broad SMARTS) is 1. The molecule has 1 aromatic carbocycles. The summed E-state index contributed by atoms with van der Waals surface area (Å²) in [5.41, 5.74) is 1.43. The first-order valence-electron chi connectivity index (χ1n) is 8.03. The predicted octanol–water partition coefficient (Wildman–Crippen LogP) is 3.58. The van der Waals surface area contributed by atoms with Crippen LogP contribution in [0.25, 0.3) is 0 Å². The van der Waals surface area contributed by atoms with Crippen molar-refractivity contribution >= 4 is 11.7 Å². The number of oxime groups is 1. The summed E-state index contributed by atoms with van der Waals surface area (Å²) in [6.45, 7) is 4.27. The van der Waals surface area contributed by atoms with Gasteiger partial charge in [0.1, 0.15) is 5.69 Å². The monoisotopic (exact) mass is 363 g/mol. The first kappa shape index (κ1) is 18.0. The summed E-state index contributed by atoms with van der Waals surface area (Å²) in [4.78, 5) is 16.7. The van der Waals surface area contributed by atoms with E-state index in [9.17, 15) is 13.6 Å². The molecule has 1 unspecified atom stereocenters. The minimum absolute atomic E-state index is 0.220. The molecule has 0 fully saturated rings. The molecular formula is C18H19F2N3O3. The van der Waals surface area contributed by atoms with Crippen LogP contribution in [0.1, 0.15) is 53.1 Å². The van der Waals surface area contributed by atoms with Gasteiger partial charge in [-0.3, -0.25) is 4.68 Å². The number of halogens is 2. The Kier molecular flexibility index (Phi) is 4.09. The predicted molar refractivity (Wildman–Crippen MR) is 90.5 cm³/mol. The van der Waals surface area contributed by atoms with Crippen LogP contribution in [0.3, 0.4) is 0 Å². The van der Waals surface area contributed by atoms with Gasteiger partial charge in [0.15, 0.2) is 5.60 Å². The summed E-state index contributed by atoms with van der Waals surface area (Å²) in [5.74, 6) is -4.04. The van der Waals surface area contributed by atoms with E-state index < -0.39 is 17.5 Å². The van der Waals surface area contributed by atoms with E-state index in [0.717, 1.165) is 12.5 Å². The highest BCUT2D eigenvalue weighted by atomic mass is 19.3. The van der Waals surface area contributed by atoms with Crippen molar-refractivity contribution in [2.45, 2.75) is 38.7 Å². The van der Waals surface area contributed by atoms with Crippen LogP contribution in [0.15, 0.2) is 29.4 Å². The molecular weight excluding hydrogens is 344 g/mol. The lowest BCUT2D eigenvalue weighted by Gasteiger charge is -2.21. The molecule has 0 saturated heterocycles. The number of hydrogen-bond donors (Lipinski definition) is 1. The fourth-order valence-electron chi connectivity index (χ4n) is 3.09. The van der Waals surface area contributed by atoms with Crippen molar-refractivity contribution in [2.24, 2.45) is 12.2 Å². The highest BCUT2D eigenvalue weighted by Crippen LogP contribution is 2.38. The zero-order valence-corrected chi connectivity index (χ0v) is 14.9. The summed E-state index contributed by atoms with van der Waals surface area (Å²) in [7, 11) is 1.59. The lowest BCUT2D eigenvalue weighted by atomic mass is 9.91. The molecule has 2 heterocycles. The summed E-state index contributed by atoms with van der Waals surface area (Å²) in [6, 6.07) is 6.24. The van der Waals surface area contributed by atoms with Crippen LogP contribution in [0.4, 0.5) is 8.78 Å². The van der Waals surface area contributed by atoms with Gasteiger partial charge in [-0.2, -0.15) is 13.9 Å². The van der Waals surface area contributed by atoms with Crippen LogP contribution in [-0.2, 0) is 23.4 Å². The normalized spacial score (nSPS) is 20.0. The molecule has 2 aromatic rings. The number of alkyl halides is 2. The summed E-state index contributed by atoms with van der Waals surface area (Å²) >= 11 is 0. The van der Waals surface area contributed by atoms with Gasteiger partial charge in [0, 0.05) is 20.4 Å². The molecule has 0 spiro atoms. The van der Waals surface area contributed by atoms with Gasteiger partial charge in [-0.25, -0.2) is 4.79 Å². The van der Waals surface area contributed by atoms with Crippen LogP contribution in [0.2, 0.25) is 0 Å². The van der Waals surface area contributed by atoms with Gasteiger partial charge in [-0.1, -0.05) is 11.2 Å². The van der Waals surface area contributed by atoms with E-state index in [-0.39, 0.29) is 11.3 Å². The Labute approximate surface area is 149 Å². The van der Waals surface area contributed by atoms with Crippen molar-refractivity contribution in [3.63, 3.8) is 0 Å². The molecule has 1 aromatic heterocycles. The third kappa shape index (κ3) is 3.07. The van der Waals surface area contributed by atoms with E-state index in [1.165, 1.54) is 16.8 Å². The summed E-state index contributed by atoms with van der Waals surface area (Å²) in [6.07, 6.45) is 0.354. The number of aromatic carboxylic acids is 1. The van der Waals surface area contributed by atoms with Crippen molar-refractivity contribution in [3.8, 4) is 0 Å². The molecule has 0 radical (unpaired) electrons. The minimum atomic E-state index is -3.04. The van der Waals surface area contributed by atoms with Crippen molar-refractivity contribution in [3.05, 3.63) is 52.3 Å². The number of rotatable bonds is 4. The van der Waals surface area contributed by atoms with Gasteiger partial charge < -0.3 is 9.94 Å². The second kappa shape index (κ2) is 5.89. The second-order valence-corrected chi connectivity index (χ2v) is 6.80. The molecule has 8 heteroatoms. The van der Waals surface area contributed by atoms with E-state index in [0.29, 0.717) is 23.4 Å². The average molecular weight is 363 g/mol. The first-order chi connectivity index (χ1) is 12.0. The maximum atomic E-state index is 13.6. The SMILES string of the molecule is Cc1cc(C2=NOC(C)(c3cc(C(C)(F)F)nn3C)C2)ccc1C(=O)O. The Morgan fingerprint density at radius 2 is 2.08 bits per heavy atom. The largest absolute Gasteiger partial charge is 0.478 e. The standard InChI is InChI=1S/C18H19F2N3O3/c1-10-7-11(5-6-12(10)16(24)25)13-9-17(2,26-22-13)15-8-14(18(3,19)20)21-23(15)4/h5-8H,9H2,1-4H3,(H,24,25). The molecule has 1 N–H and O–H groups in total. The number of aryl methyl sites for hydroxylation is 2. The molecule has 0 amide bonds. The van der Waals surface area contributed by atoms with Gasteiger partial charge in [-0.05, 0) is 43.2 Å². The third-order valence-electron chi connectivity index (χ3n) is 4.52. The van der Waals surface area contributed by atoms with Crippen molar-refractivity contribution in [1.29, 1.82) is 0 Å². The van der Waals surface area contributed by atoms with Gasteiger partial charge in [0.2, 0.25) is 0 Å². The highest BCUT2D eigenvalue weighted by molar-refractivity contribution is 6.02. The van der Waals surface area contributed by atoms with E-state index in [1.807, 2.05) is 0 Å². The van der Waals surface area contributed by atoms with Gasteiger partial charge in [0.05, 0.1) is 17.0 Å². The summed E-state index contributed by atoms with van der Waals surface area (Å²) < 4.78 is 28.5. The fraction of sp³-hybridized carbons (Fsp3) is 0.389. The maximum Gasteiger partial charge on any atom is 0.335 e. The molecule has 1 aliphatic rings. The Hall–Kier alpha value is -2.77. The number of carbonyl (C=O) groups is 1. The fourth-order valence-corrected chi connectivity index (χ4v) is 3.09. The lowest BCUT2D eigenvalue weighted by molar-refractivity contribution is -0.0136. The van der Waals surface area contributed by atoms with E-state index in [4.69, 9.17) is 9.94 Å². The van der Waals surface area contributed by atoms with Crippen LogP contribution in [0, 0.1) is 6.92 Å². The highest BCUT2D eigenvalue weighted by Gasteiger charge is 2.41. The Morgan fingerprint density at radius 3 is 2.62 bits per heavy atom. The second-order valence-electron chi connectivity index (χ2n) is 6.80. The Bertz CT molecular complexity index is 915. The molecule has 0 aliphatic carbocycles. The topological polar surface area (TPSA) is 76.7 Å². The molecule has 6 nitrogen and oxygen atoms in total. The number of benzene rings is 1. The first-order valence-corrected chi connectivity index (χ1v) is 8.03.